The van der Waals surface area contributed by atoms with Gasteiger partial charge in [-0.1, -0.05) is 0 Å². The number of carbonyl (C=O) groups excluding carboxylic acids is 2. The molecular formula is C6H7NO3. The Morgan fingerprint density at radius 3 is 2.70 bits per heavy atom. The average Bonchev–Trinajstić information content (AvgIpc) is 1.88. The number of hydrogen-bond acceptors (Lipinski definition) is 4. The first-order valence-electron chi connectivity index (χ1n) is 2.95. The zero-order valence-electron chi connectivity index (χ0n) is 5.29. The van der Waals surface area contributed by atoms with E-state index in [2.05, 4.69) is 4.74 Å². The van der Waals surface area contributed by atoms with Crippen molar-refractivity contribution in [1.82, 2.24) is 0 Å². The molecule has 10 heavy (non-hydrogen) atoms. The standard InChI is InChI=1S/C6H7NO3/c7-3-4-5(8)1-2-10-6(4)9/h3-4,7H,1-2H2. The normalized spacial score (nSPS) is 25.8. The molecule has 0 aromatic rings. The SMILES string of the molecule is N=CC1C(=O)CCOC1=O. The first kappa shape index (κ1) is 6.92. The summed E-state index contributed by atoms with van der Waals surface area (Å²) in [5.74, 6) is -1.74. The van der Waals surface area contributed by atoms with Crippen LogP contribution in [-0.4, -0.2) is 24.6 Å². The fourth-order valence-electron chi connectivity index (χ4n) is 0.790. The summed E-state index contributed by atoms with van der Waals surface area (Å²) in [6, 6.07) is 0. The maximum atomic E-state index is 10.8. The van der Waals surface area contributed by atoms with E-state index in [4.69, 9.17) is 5.41 Å². The second-order valence-corrected chi connectivity index (χ2v) is 2.03. The quantitative estimate of drug-likeness (QED) is 0.311. The number of rotatable bonds is 1. The number of Topliss-reactive ketones (excluding diaryl/α,β-unsaturated/α-hetero) is 1. The second-order valence-electron chi connectivity index (χ2n) is 2.03. The molecular weight excluding hydrogens is 134 g/mol. The maximum Gasteiger partial charge on any atom is 0.321 e. The molecule has 4 nitrogen and oxygen atoms in total. The van der Waals surface area contributed by atoms with Crippen LogP contribution in [0.5, 0.6) is 0 Å². The molecule has 0 aromatic carbocycles. The molecule has 0 aliphatic carbocycles. The van der Waals surface area contributed by atoms with Crippen LogP contribution in [0.3, 0.4) is 0 Å². The van der Waals surface area contributed by atoms with Gasteiger partial charge in [0, 0.05) is 12.6 Å². The molecule has 1 fully saturated rings. The van der Waals surface area contributed by atoms with Gasteiger partial charge in [0.1, 0.15) is 5.92 Å². The minimum absolute atomic E-state index is 0.169. The van der Waals surface area contributed by atoms with Gasteiger partial charge in [-0.15, -0.1) is 0 Å². The molecule has 0 saturated carbocycles. The molecule has 0 aromatic heterocycles. The van der Waals surface area contributed by atoms with Gasteiger partial charge in [0.05, 0.1) is 6.61 Å². The summed E-state index contributed by atoms with van der Waals surface area (Å²) in [5.41, 5.74) is 0. The van der Waals surface area contributed by atoms with Crippen LogP contribution < -0.4 is 0 Å². The molecule has 0 amide bonds. The zero-order chi connectivity index (χ0) is 7.56. The topological polar surface area (TPSA) is 67.2 Å². The molecule has 1 N–H and O–H groups in total. The van der Waals surface area contributed by atoms with Crippen molar-refractivity contribution in [2.75, 3.05) is 6.61 Å². The minimum atomic E-state index is -0.936. The van der Waals surface area contributed by atoms with Crippen molar-refractivity contribution in [3.63, 3.8) is 0 Å². The van der Waals surface area contributed by atoms with Crippen LogP contribution in [0.15, 0.2) is 0 Å². The lowest BCUT2D eigenvalue weighted by atomic mass is 10.0. The highest BCUT2D eigenvalue weighted by atomic mass is 16.5. The van der Waals surface area contributed by atoms with Crippen LogP contribution in [-0.2, 0) is 14.3 Å². The van der Waals surface area contributed by atoms with Crippen molar-refractivity contribution < 1.29 is 14.3 Å². The number of cyclic esters (lactones) is 1. The van der Waals surface area contributed by atoms with Gasteiger partial charge in [0.25, 0.3) is 0 Å². The lowest BCUT2D eigenvalue weighted by Crippen LogP contribution is -2.33. The molecule has 4 heteroatoms. The number of nitrogens with one attached hydrogen (secondary N) is 1. The fraction of sp³-hybridized carbons (Fsp3) is 0.500. The lowest BCUT2D eigenvalue weighted by molar-refractivity contribution is -0.154. The Morgan fingerprint density at radius 1 is 1.60 bits per heavy atom. The number of esters is 1. The first-order chi connectivity index (χ1) is 4.75. The monoisotopic (exact) mass is 141 g/mol. The van der Waals surface area contributed by atoms with E-state index in [0.717, 1.165) is 6.21 Å². The Hall–Kier alpha value is -1.19. The highest BCUT2D eigenvalue weighted by Gasteiger charge is 2.29. The summed E-state index contributed by atoms with van der Waals surface area (Å²) < 4.78 is 4.54. The van der Waals surface area contributed by atoms with E-state index >= 15 is 0 Å². The summed E-state index contributed by atoms with van der Waals surface area (Å²) >= 11 is 0. The molecule has 1 rings (SSSR count). The molecule has 1 unspecified atom stereocenters. The number of ketones is 1. The molecule has 1 saturated heterocycles. The third kappa shape index (κ3) is 1.05. The third-order valence-electron chi connectivity index (χ3n) is 1.36. The van der Waals surface area contributed by atoms with Crippen LogP contribution in [0.4, 0.5) is 0 Å². The van der Waals surface area contributed by atoms with E-state index in [1.54, 1.807) is 0 Å². The molecule has 0 radical (unpaired) electrons. The van der Waals surface area contributed by atoms with E-state index in [1.807, 2.05) is 0 Å². The average molecular weight is 141 g/mol. The second kappa shape index (κ2) is 2.60. The highest BCUT2D eigenvalue weighted by molar-refractivity contribution is 6.12. The van der Waals surface area contributed by atoms with Crippen molar-refractivity contribution in [1.29, 1.82) is 5.41 Å². The smallest absolute Gasteiger partial charge is 0.321 e. The first-order valence-corrected chi connectivity index (χ1v) is 2.95. The summed E-state index contributed by atoms with van der Waals surface area (Å²) in [7, 11) is 0. The van der Waals surface area contributed by atoms with Crippen LogP contribution >= 0.6 is 0 Å². The van der Waals surface area contributed by atoms with Gasteiger partial charge in [0.15, 0.2) is 5.78 Å². The van der Waals surface area contributed by atoms with Gasteiger partial charge in [0.2, 0.25) is 0 Å². The van der Waals surface area contributed by atoms with Crippen LogP contribution in [0.2, 0.25) is 0 Å². The summed E-state index contributed by atoms with van der Waals surface area (Å²) in [6.45, 7) is 0.169. The summed E-state index contributed by atoms with van der Waals surface area (Å²) in [4.78, 5) is 21.4. The largest absolute Gasteiger partial charge is 0.464 e. The predicted molar refractivity (Wildman–Crippen MR) is 32.9 cm³/mol. The van der Waals surface area contributed by atoms with Crippen LogP contribution in [0, 0.1) is 11.3 Å². The van der Waals surface area contributed by atoms with E-state index in [1.165, 1.54) is 0 Å². The Labute approximate surface area is 57.7 Å². The highest BCUT2D eigenvalue weighted by Crippen LogP contribution is 2.08. The van der Waals surface area contributed by atoms with E-state index in [9.17, 15) is 9.59 Å². The molecule has 1 aliphatic heterocycles. The van der Waals surface area contributed by atoms with Gasteiger partial charge in [-0.05, 0) is 0 Å². The van der Waals surface area contributed by atoms with E-state index < -0.39 is 11.9 Å². The van der Waals surface area contributed by atoms with Crippen LogP contribution in [0.1, 0.15) is 6.42 Å². The maximum absolute atomic E-state index is 10.8. The summed E-state index contributed by atoms with van der Waals surface area (Å²) in [6.07, 6.45) is 1.07. The molecule has 54 valence electrons. The lowest BCUT2D eigenvalue weighted by Gasteiger charge is -2.15. The minimum Gasteiger partial charge on any atom is -0.464 e. The fourth-order valence-corrected chi connectivity index (χ4v) is 0.790. The van der Waals surface area contributed by atoms with Gasteiger partial charge >= 0.3 is 5.97 Å². The van der Waals surface area contributed by atoms with Crippen LogP contribution in [0.25, 0.3) is 0 Å². The van der Waals surface area contributed by atoms with Crippen molar-refractivity contribution in [3.05, 3.63) is 0 Å². The predicted octanol–water partition coefficient (Wildman–Crippen LogP) is -0.232. The van der Waals surface area contributed by atoms with Gasteiger partial charge in [-0.2, -0.15) is 0 Å². The Bertz CT molecular complexity index is 171. The zero-order valence-corrected chi connectivity index (χ0v) is 5.29. The number of hydrogen-bond donors (Lipinski definition) is 1. The Balaban J connectivity index is 2.71. The number of carbonyl (C=O) groups is 2. The molecule has 1 aliphatic rings. The number of ether oxygens (including phenoxy) is 1. The third-order valence-corrected chi connectivity index (χ3v) is 1.36. The molecule has 0 bridgehead atoms. The Morgan fingerprint density at radius 2 is 2.30 bits per heavy atom. The summed E-state index contributed by atoms with van der Waals surface area (Å²) in [5, 5.41) is 6.71. The molecule has 0 spiro atoms. The van der Waals surface area contributed by atoms with Gasteiger partial charge < -0.3 is 10.1 Å². The van der Waals surface area contributed by atoms with Crippen molar-refractivity contribution in [2.24, 2.45) is 5.92 Å². The van der Waals surface area contributed by atoms with Gasteiger partial charge in [-0.25, -0.2) is 0 Å². The molecule has 1 atom stereocenters. The van der Waals surface area contributed by atoms with E-state index in [-0.39, 0.29) is 18.8 Å². The van der Waals surface area contributed by atoms with Gasteiger partial charge in [-0.3, -0.25) is 9.59 Å². The Kier molecular flexibility index (Phi) is 1.80. The van der Waals surface area contributed by atoms with Crippen molar-refractivity contribution in [2.45, 2.75) is 6.42 Å². The van der Waals surface area contributed by atoms with Crippen molar-refractivity contribution >= 4 is 18.0 Å². The molecule has 1 heterocycles. The van der Waals surface area contributed by atoms with Crippen molar-refractivity contribution in [3.8, 4) is 0 Å². The van der Waals surface area contributed by atoms with E-state index in [0.29, 0.717) is 0 Å².